The van der Waals surface area contributed by atoms with Crippen LogP contribution in [-0.4, -0.2) is 40.7 Å². The van der Waals surface area contributed by atoms with Crippen LogP contribution >= 0.6 is 11.8 Å². The lowest BCUT2D eigenvalue weighted by Crippen LogP contribution is -2.26. The SMILES string of the molecule is COc1ccc(C#Cc2cc(F)ccc2C=NN=C2NC(=O)C(CC(=O)O)S2)cc1. The van der Waals surface area contributed by atoms with Gasteiger partial charge in [-0.05, 0) is 42.5 Å². The summed E-state index contributed by atoms with van der Waals surface area (Å²) in [5, 5.41) is 18.5. The van der Waals surface area contributed by atoms with Crippen molar-refractivity contribution < 1.29 is 23.8 Å². The highest BCUT2D eigenvalue weighted by molar-refractivity contribution is 8.15. The number of hydrogen-bond acceptors (Lipinski definition) is 6. The molecule has 2 aromatic rings. The Bertz CT molecular complexity index is 1090. The molecule has 30 heavy (non-hydrogen) atoms. The molecule has 9 heteroatoms. The molecular weight excluding hydrogens is 409 g/mol. The van der Waals surface area contributed by atoms with E-state index in [2.05, 4.69) is 27.4 Å². The van der Waals surface area contributed by atoms with Gasteiger partial charge in [0.15, 0.2) is 5.17 Å². The van der Waals surface area contributed by atoms with Crippen LogP contribution in [0.25, 0.3) is 0 Å². The molecule has 1 aliphatic rings. The summed E-state index contributed by atoms with van der Waals surface area (Å²) in [4.78, 5) is 22.5. The zero-order valence-electron chi connectivity index (χ0n) is 15.8. The Balaban J connectivity index is 1.76. The van der Waals surface area contributed by atoms with Crippen molar-refractivity contribution >= 4 is 35.0 Å². The number of hydrogen-bond donors (Lipinski definition) is 2. The zero-order chi connectivity index (χ0) is 21.5. The Morgan fingerprint density at radius 1 is 1.30 bits per heavy atom. The number of methoxy groups -OCH3 is 1. The highest BCUT2D eigenvalue weighted by Crippen LogP contribution is 2.22. The molecule has 152 valence electrons. The summed E-state index contributed by atoms with van der Waals surface area (Å²) in [6.07, 6.45) is 1.09. The topological polar surface area (TPSA) is 100 Å². The van der Waals surface area contributed by atoms with Gasteiger partial charge < -0.3 is 15.2 Å². The van der Waals surface area contributed by atoms with E-state index in [4.69, 9.17) is 9.84 Å². The van der Waals surface area contributed by atoms with Gasteiger partial charge in [0.2, 0.25) is 5.91 Å². The van der Waals surface area contributed by atoms with Crippen LogP contribution in [0.4, 0.5) is 4.39 Å². The Hall–Kier alpha value is -3.64. The summed E-state index contributed by atoms with van der Waals surface area (Å²) in [6, 6.07) is 11.2. The van der Waals surface area contributed by atoms with E-state index in [1.165, 1.54) is 24.4 Å². The molecule has 2 aromatic carbocycles. The third-order valence-corrected chi connectivity index (χ3v) is 5.00. The molecule has 1 aliphatic heterocycles. The summed E-state index contributed by atoms with van der Waals surface area (Å²) in [5.41, 5.74) is 1.69. The monoisotopic (exact) mass is 425 g/mol. The van der Waals surface area contributed by atoms with Gasteiger partial charge >= 0.3 is 5.97 Å². The first kappa shape index (κ1) is 21.1. The first-order valence-electron chi connectivity index (χ1n) is 8.70. The molecule has 7 nitrogen and oxygen atoms in total. The number of benzene rings is 2. The number of amides is 1. The minimum absolute atomic E-state index is 0.204. The molecule has 1 heterocycles. The fourth-order valence-corrected chi connectivity index (χ4v) is 3.37. The van der Waals surface area contributed by atoms with E-state index in [0.29, 0.717) is 16.9 Å². The second kappa shape index (κ2) is 9.71. The molecule has 0 radical (unpaired) electrons. The minimum atomic E-state index is -1.07. The van der Waals surface area contributed by atoms with Gasteiger partial charge in [0.05, 0.1) is 19.7 Å². The lowest BCUT2D eigenvalue weighted by molar-refractivity contribution is -0.138. The number of carbonyl (C=O) groups is 2. The number of halogens is 1. The lowest BCUT2D eigenvalue weighted by Gasteiger charge is -1.99. The number of carbonyl (C=O) groups excluding carboxylic acids is 1. The van der Waals surface area contributed by atoms with Gasteiger partial charge in [-0.2, -0.15) is 5.10 Å². The molecule has 0 bridgehead atoms. The van der Waals surface area contributed by atoms with Gasteiger partial charge in [0.1, 0.15) is 16.8 Å². The molecule has 1 amide bonds. The number of carboxylic acid groups (broad SMARTS) is 1. The summed E-state index contributed by atoms with van der Waals surface area (Å²) in [6.45, 7) is 0. The van der Waals surface area contributed by atoms with Crippen LogP contribution in [0.2, 0.25) is 0 Å². The Morgan fingerprint density at radius 3 is 2.77 bits per heavy atom. The predicted octanol–water partition coefficient (Wildman–Crippen LogP) is 2.63. The van der Waals surface area contributed by atoms with Crippen molar-refractivity contribution in [2.75, 3.05) is 7.11 Å². The van der Waals surface area contributed by atoms with Gasteiger partial charge in [0.25, 0.3) is 0 Å². The van der Waals surface area contributed by atoms with E-state index < -0.39 is 22.9 Å². The number of ether oxygens (including phenoxy) is 1. The molecule has 1 fully saturated rings. The van der Waals surface area contributed by atoms with Crippen molar-refractivity contribution in [3.63, 3.8) is 0 Å². The molecule has 0 aliphatic carbocycles. The number of amidine groups is 1. The third kappa shape index (κ3) is 5.68. The number of nitrogens with one attached hydrogen (secondary N) is 1. The van der Waals surface area contributed by atoms with Gasteiger partial charge in [-0.25, -0.2) is 4.39 Å². The quantitative estimate of drug-likeness (QED) is 0.436. The highest BCUT2D eigenvalue weighted by atomic mass is 32.2. The molecule has 0 saturated carbocycles. The average Bonchev–Trinajstić information content (AvgIpc) is 3.06. The minimum Gasteiger partial charge on any atom is -0.497 e. The van der Waals surface area contributed by atoms with Crippen LogP contribution in [0.3, 0.4) is 0 Å². The summed E-state index contributed by atoms with van der Waals surface area (Å²) in [7, 11) is 1.57. The van der Waals surface area contributed by atoms with Gasteiger partial charge in [-0.3, -0.25) is 9.59 Å². The number of rotatable bonds is 5. The van der Waals surface area contributed by atoms with E-state index in [0.717, 1.165) is 17.3 Å². The standard InChI is InChI=1S/C21H16FN3O4S/c1-29-17-8-3-13(4-9-17)2-5-14-10-16(22)7-6-15(14)12-23-25-21-24-20(28)18(30-21)11-19(26)27/h3-4,6-10,12,18H,11H2,1H3,(H,26,27)(H,24,25,28). The molecule has 1 saturated heterocycles. The van der Waals surface area contributed by atoms with Crippen LogP contribution < -0.4 is 10.1 Å². The number of nitrogens with zero attached hydrogens (tertiary/aromatic N) is 2. The van der Waals surface area contributed by atoms with Gasteiger partial charge in [-0.1, -0.05) is 23.6 Å². The Labute approximate surface area is 176 Å². The van der Waals surface area contributed by atoms with Crippen LogP contribution in [0.15, 0.2) is 52.7 Å². The van der Waals surface area contributed by atoms with Crippen molar-refractivity contribution in [2.24, 2.45) is 10.2 Å². The van der Waals surface area contributed by atoms with Crippen molar-refractivity contribution in [1.82, 2.24) is 5.32 Å². The number of carboxylic acids is 1. The molecule has 1 unspecified atom stereocenters. The van der Waals surface area contributed by atoms with Gasteiger partial charge in [-0.15, -0.1) is 5.10 Å². The van der Waals surface area contributed by atoms with Crippen molar-refractivity contribution in [1.29, 1.82) is 0 Å². The lowest BCUT2D eigenvalue weighted by atomic mass is 10.1. The maximum absolute atomic E-state index is 13.7. The second-order valence-electron chi connectivity index (χ2n) is 6.05. The van der Waals surface area contributed by atoms with E-state index in [1.807, 2.05) is 0 Å². The van der Waals surface area contributed by atoms with E-state index in [1.54, 1.807) is 31.4 Å². The summed E-state index contributed by atoms with van der Waals surface area (Å²) in [5.74, 6) is 4.64. The van der Waals surface area contributed by atoms with Crippen LogP contribution in [0.5, 0.6) is 5.75 Å². The Morgan fingerprint density at radius 2 is 2.07 bits per heavy atom. The summed E-state index contributed by atoms with van der Waals surface area (Å²) < 4.78 is 18.8. The van der Waals surface area contributed by atoms with Crippen molar-refractivity contribution in [3.8, 4) is 17.6 Å². The average molecular weight is 425 g/mol. The Kier molecular flexibility index (Phi) is 6.83. The maximum atomic E-state index is 13.7. The van der Waals surface area contributed by atoms with Crippen LogP contribution in [0.1, 0.15) is 23.1 Å². The zero-order valence-corrected chi connectivity index (χ0v) is 16.6. The first-order valence-corrected chi connectivity index (χ1v) is 9.58. The summed E-state index contributed by atoms with van der Waals surface area (Å²) >= 11 is 0.996. The third-order valence-electron chi connectivity index (χ3n) is 3.93. The molecule has 1 atom stereocenters. The van der Waals surface area contributed by atoms with E-state index >= 15 is 0 Å². The highest BCUT2D eigenvalue weighted by Gasteiger charge is 2.32. The fraction of sp³-hybridized carbons (Fsp3) is 0.143. The van der Waals surface area contributed by atoms with Crippen LogP contribution in [0, 0.1) is 17.7 Å². The predicted molar refractivity (Wildman–Crippen MR) is 112 cm³/mol. The normalized spacial score (nSPS) is 16.9. The number of aliphatic carboxylic acids is 1. The molecule has 2 N–H and O–H groups in total. The smallest absolute Gasteiger partial charge is 0.305 e. The number of thioether (sulfide) groups is 1. The first-order chi connectivity index (χ1) is 14.4. The fourth-order valence-electron chi connectivity index (χ4n) is 2.45. The van der Waals surface area contributed by atoms with Crippen molar-refractivity contribution in [2.45, 2.75) is 11.7 Å². The molecule has 0 aromatic heterocycles. The van der Waals surface area contributed by atoms with Gasteiger partial charge in [0, 0.05) is 16.7 Å². The molecular formula is C21H16FN3O4S. The maximum Gasteiger partial charge on any atom is 0.305 e. The molecule has 3 rings (SSSR count). The largest absolute Gasteiger partial charge is 0.497 e. The second-order valence-corrected chi connectivity index (χ2v) is 7.24. The molecule has 0 spiro atoms. The van der Waals surface area contributed by atoms with E-state index in [-0.39, 0.29) is 11.6 Å². The van der Waals surface area contributed by atoms with E-state index in [9.17, 15) is 14.0 Å². The van der Waals surface area contributed by atoms with Crippen molar-refractivity contribution in [3.05, 3.63) is 65.0 Å². The van der Waals surface area contributed by atoms with Crippen LogP contribution in [-0.2, 0) is 9.59 Å².